The molecule has 6 nitrogen and oxygen atoms in total. The summed E-state index contributed by atoms with van der Waals surface area (Å²) in [5.41, 5.74) is 16.0. The van der Waals surface area contributed by atoms with Crippen LogP contribution in [0.5, 0.6) is 11.5 Å². The van der Waals surface area contributed by atoms with E-state index in [1.165, 1.54) is 16.3 Å². The van der Waals surface area contributed by atoms with Crippen LogP contribution >= 0.6 is 0 Å². The standard InChI is InChI=1S/C64H38N4O2/c1-4-17-39(18-5-1)61-65-62(40-19-6-2-7-20-40)67-63(66-61)47-25-16-24-45-48-37-41(31-34-50(48)64(59(45)47)51-26-11-14-29-55(51)70-56-30-15-12-27-52(56)64)42-32-35-54-49(38-42)58-57(69-54)36-33-46-44-23-10-13-28-53(44)68(60(46)58)43-21-8-3-9-22-43/h1-38H. The van der Waals surface area contributed by atoms with Gasteiger partial charge >= 0.3 is 0 Å². The number of rotatable bonds is 5. The van der Waals surface area contributed by atoms with Gasteiger partial charge in [-0.3, -0.25) is 0 Å². The summed E-state index contributed by atoms with van der Waals surface area (Å²) < 4.78 is 15.9. The van der Waals surface area contributed by atoms with Crippen molar-refractivity contribution in [1.29, 1.82) is 0 Å². The predicted octanol–water partition coefficient (Wildman–Crippen LogP) is 16.0. The summed E-state index contributed by atoms with van der Waals surface area (Å²) in [7, 11) is 0. The number of hydrogen-bond donors (Lipinski definition) is 0. The van der Waals surface area contributed by atoms with Gasteiger partial charge in [0, 0.05) is 49.7 Å². The minimum atomic E-state index is -0.779. The lowest BCUT2D eigenvalue weighted by Gasteiger charge is -2.40. The molecule has 13 aromatic rings. The van der Waals surface area contributed by atoms with E-state index in [-0.39, 0.29) is 0 Å². The molecule has 1 spiro atoms. The molecule has 0 saturated heterocycles. The van der Waals surface area contributed by atoms with E-state index in [1.54, 1.807) is 0 Å². The highest BCUT2D eigenvalue weighted by Crippen LogP contribution is 2.64. The van der Waals surface area contributed by atoms with Gasteiger partial charge in [-0.15, -0.1) is 0 Å². The lowest BCUT2D eigenvalue weighted by Crippen LogP contribution is -2.32. The minimum Gasteiger partial charge on any atom is -0.457 e. The summed E-state index contributed by atoms with van der Waals surface area (Å²) in [6.45, 7) is 0. The molecule has 0 saturated carbocycles. The van der Waals surface area contributed by atoms with Crippen molar-refractivity contribution in [3.63, 3.8) is 0 Å². The largest absolute Gasteiger partial charge is 0.457 e. The van der Waals surface area contributed by atoms with Crippen LogP contribution in [0, 0.1) is 0 Å². The van der Waals surface area contributed by atoms with E-state index in [0.717, 1.165) is 106 Å². The Morgan fingerprint density at radius 2 is 0.957 bits per heavy atom. The predicted molar refractivity (Wildman–Crippen MR) is 281 cm³/mol. The number of benzene rings is 10. The lowest BCUT2D eigenvalue weighted by atomic mass is 9.65. The molecule has 0 fully saturated rings. The molecule has 0 bridgehead atoms. The van der Waals surface area contributed by atoms with E-state index < -0.39 is 5.41 Å². The highest BCUT2D eigenvalue weighted by molar-refractivity contribution is 6.25. The van der Waals surface area contributed by atoms with Crippen molar-refractivity contribution < 1.29 is 9.15 Å². The summed E-state index contributed by atoms with van der Waals surface area (Å²) >= 11 is 0. The third-order valence-corrected chi connectivity index (χ3v) is 14.5. The third-order valence-electron chi connectivity index (χ3n) is 14.5. The lowest BCUT2D eigenvalue weighted by molar-refractivity contribution is 0.436. The number of para-hydroxylation sites is 4. The van der Waals surface area contributed by atoms with E-state index in [1.807, 2.05) is 36.4 Å². The maximum absolute atomic E-state index is 6.79. The molecule has 6 heteroatoms. The molecule has 3 aromatic heterocycles. The number of nitrogens with zero attached hydrogens (tertiary/aromatic N) is 4. The van der Waals surface area contributed by atoms with Crippen LogP contribution in [0.1, 0.15) is 22.3 Å². The Balaban J connectivity index is 0.993. The molecule has 15 rings (SSSR count). The average molecular weight is 895 g/mol. The van der Waals surface area contributed by atoms with Gasteiger partial charge < -0.3 is 13.7 Å². The highest BCUT2D eigenvalue weighted by atomic mass is 16.5. The zero-order valence-corrected chi connectivity index (χ0v) is 37.5. The Hall–Kier alpha value is -9.39. The number of aromatic nitrogens is 4. The molecular formula is C64H38N4O2. The molecule has 2 aliphatic rings. The summed E-state index contributed by atoms with van der Waals surface area (Å²) in [6.07, 6.45) is 0. The average Bonchev–Trinajstić information content (AvgIpc) is 4.08. The third kappa shape index (κ3) is 5.47. The van der Waals surface area contributed by atoms with E-state index in [9.17, 15) is 0 Å². The van der Waals surface area contributed by atoms with E-state index in [2.05, 4.69) is 199 Å². The molecule has 0 unspecified atom stereocenters. The zero-order chi connectivity index (χ0) is 45.9. The van der Waals surface area contributed by atoms with Crippen LogP contribution in [0.4, 0.5) is 0 Å². The molecule has 0 radical (unpaired) electrons. The topological polar surface area (TPSA) is 66.0 Å². The number of hydrogen-bond acceptors (Lipinski definition) is 5. The number of ether oxygens (including phenoxy) is 1. The van der Waals surface area contributed by atoms with Crippen LogP contribution < -0.4 is 4.74 Å². The fraction of sp³-hybridized carbons (Fsp3) is 0.0156. The molecule has 0 amide bonds. The second-order valence-corrected chi connectivity index (χ2v) is 18.2. The SMILES string of the molecule is c1ccc(-c2nc(-c3ccccc3)nc(-c3cccc4c3C3(c5ccccc5Oc5ccccc53)c3ccc(-c5ccc6oc7ccc8c9ccccc9n(-c9ccccc9)c8c7c6c5)cc3-4)n2)cc1. The first-order valence-electron chi connectivity index (χ1n) is 23.7. The maximum Gasteiger partial charge on any atom is 0.164 e. The van der Waals surface area contributed by atoms with Crippen LogP contribution in [0.2, 0.25) is 0 Å². The molecular weight excluding hydrogens is 857 g/mol. The van der Waals surface area contributed by atoms with E-state index >= 15 is 0 Å². The molecule has 4 heterocycles. The zero-order valence-electron chi connectivity index (χ0n) is 37.5. The van der Waals surface area contributed by atoms with Gasteiger partial charge in [0.2, 0.25) is 0 Å². The second kappa shape index (κ2) is 14.8. The van der Waals surface area contributed by atoms with Crippen molar-refractivity contribution in [2.75, 3.05) is 0 Å². The van der Waals surface area contributed by atoms with Gasteiger partial charge in [0.25, 0.3) is 0 Å². The van der Waals surface area contributed by atoms with E-state index in [4.69, 9.17) is 24.1 Å². The molecule has 0 N–H and O–H groups in total. The van der Waals surface area contributed by atoms with Crippen molar-refractivity contribution in [2.24, 2.45) is 0 Å². The molecule has 1 aliphatic carbocycles. The van der Waals surface area contributed by atoms with Crippen LogP contribution in [0.25, 0.3) is 106 Å². The Morgan fingerprint density at radius 3 is 1.69 bits per heavy atom. The highest BCUT2D eigenvalue weighted by Gasteiger charge is 2.52. The van der Waals surface area contributed by atoms with Gasteiger partial charge in [-0.1, -0.05) is 170 Å². The number of fused-ring (bicyclic) bond motifs is 16. The molecule has 10 aromatic carbocycles. The van der Waals surface area contributed by atoms with Gasteiger partial charge in [0.05, 0.1) is 21.8 Å². The Labute approximate surface area is 402 Å². The summed E-state index contributed by atoms with van der Waals surface area (Å²) in [4.78, 5) is 15.8. The van der Waals surface area contributed by atoms with Crippen molar-refractivity contribution >= 4 is 43.7 Å². The Morgan fingerprint density at radius 1 is 0.371 bits per heavy atom. The summed E-state index contributed by atoms with van der Waals surface area (Å²) in [5, 5.41) is 4.57. The normalized spacial score (nSPS) is 13.1. The van der Waals surface area contributed by atoms with Gasteiger partial charge in [-0.2, -0.15) is 0 Å². The minimum absolute atomic E-state index is 0.606. The number of furan rings is 1. The second-order valence-electron chi connectivity index (χ2n) is 18.2. The molecule has 326 valence electrons. The quantitative estimate of drug-likeness (QED) is 0.172. The van der Waals surface area contributed by atoms with Crippen molar-refractivity contribution in [2.45, 2.75) is 5.41 Å². The molecule has 70 heavy (non-hydrogen) atoms. The monoisotopic (exact) mass is 894 g/mol. The van der Waals surface area contributed by atoms with Crippen LogP contribution in [-0.4, -0.2) is 19.5 Å². The Bertz CT molecular complexity index is 4170. The maximum atomic E-state index is 6.79. The van der Waals surface area contributed by atoms with Crippen LogP contribution in [0.15, 0.2) is 235 Å². The van der Waals surface area contributed by atoms with Crippen LogP contribution in [-0.2, 0) is 5.41 Å². The van der Waals surface area contributed by atoms with E-state index in [0.29, 0.717) is 17.5 Å². The first-order valence-corrected chi connectivity index (χ1v) is 23.7. The van der Waals surface area contributed by atoms with Gasteiger partial charge in [-0.25, -0.2) is 15.0 Å². The van der Waals surface area contributed by atoms with Crippen molar-refractivity contribution in [1.82, 2.24) is 19.5 Å². The fourth-order valence-electron chi connectivity index (χ4n) is 11.6. The molecule has 1 aliphatic heterocycles. The first kappa shape index (κ1) is 38.7. The fourth-order valence-corrected chi connectivity index (χ4v) is 11.6. The van der Waals surface area contributed by atoms with Gasteiger partial charge in [0.1, 0.15) is 22.7 Å². The van der Waals surface area contributed by atoms with Gasteiger partial charge in [0.15, 0.2) is 17.5 Å². The van der Waals surface area contributed by atoms with Crippen molar-refractivity contribution in [3.8, 4) is 73.6 Å². The van der Waals surface area contributed by atoms with Crippen molar-refractivity contribution in [3.05, 3.63) is 253 Å². The summed E-state index contributed by atoms with van der Waals surface area (Å²) in [5.74, 6) is 3.48. The molecule has 0 atom stereocenters. The smallest absolute Gasteiger partial charge is 0.164 e. The van der Waals surface area contributed by atoms with Gasteiger partial charge in [-0.05, 0) is 94.0 Å². The first-order chi connectivity index (χ1) is 34.7. The Kier molecular flexibility index (Phi) is 8.18. The summed E-state index contributed by atoms with van der Waals surface area (Å²) in [6, 6.07) is 81.2. The van der Waals surface area contributed by atoms with Crippen LogP contribution in [0.3, 0.4) is 0 Å².